The number of amides is 2. The van der Waals surface area contributed by atoms with Gasteiger partial charge in [-0.25, -0.2) is 4.39 Å². The molecule has 0 saturated carbocycles. The van der Waals surface area contributed by atoms with Gasteiger partial charge in [0.1, 0.15) is 17.7 Å². The summed E-state index contributed by atoms with van der Waals surface area (Å²) >= 11 is 0. The van der Waals surface area contributed by atoms with Crippen molar-refractivity contribution in [3.8, 4) is 5.75 Å². The molecule has 2 saturated heterocycles. The number of piperazine rings is 1. The van der Waals surface area contributed by atoms with Gasteiger partial charge in [-0.05, 0) is 37.1 Å². The summed E-state index contributed by atoms with van der Waals surface area (Å²) in [6.07, 6.45) is 1.07. The fraction of sp³-hybridized carbons (Fsp3) is 0.556. The van der Waals surface area contributed by atoms with E-state index < -0.39 is 6.10 Å². The molecule has 2 heterocycles. The molecule has 2 atom stereocenters. The van der Waals surface area contributed by atoms with Gasteiger partial charge in [0.05, 0.1) is 6.10 Å². The number of nitrogens with zero attached hydrogens (tertiary/aromatic N) is 2. The van der Waals surface area contributed by atoms with Gasteiger partial charge in [-0.3, -0.25) is 9.59 Å². The van der Waals surface area contributed by atoms with E-state index in [-0.39, 0.29) is 42.7 Å². The zero-order valence-corrected chi connectivity index (χ0v) is 15.8. The minimum atomic E-state index is -0.410. The van der Waals surface area contributed by atoms with Gasteiger partial charge < -0.3 is 25.0 Å². The summed E-state index contributed by atoms with van der Waals surface area (Å²) in [5.74, 6) is -0.0766. The predicted molar refractivity (Wildman–Crippen MR) is 99.3 cm³/mol. The summed E-state index contributed by atoms with van der Waals surface area (Å²) in [5.41, 5.74) is 5.58. The van der Waals surface area contributed by atoms with Crippen molar-refractivity contribution >= 4 is 24.2 Å². The highest BCUT2D eigenvalue weighted by Gasteiger charge is 2.34. The van der Waals surface area contributed by atoms with Gasteiger partial charge in [0.2, 0.25) is 0 Å². The number of benzene rings is 1. The highest BCUT2D eigenvalue weighted by Crippen LogP contribution is 2.21. The molecule has 2 aliphatic heterocycles. The van der Waals surface area contributed by atoms with E-state index in [1.165, 1.54) is 24.3 Å². The number of hydrogen-bond donors (Lipinski definition) is 1. The molecule has 27 heavy (non-hydrogen) atoms. The van der Waals surface area contributed by atoms with Crippen molar-refractivity contribution in [2.24, 2.45) is 5.73 Å². The van der Waals surface area contributed by atoms with Crippen molar-refractivity contribution in [1.82, 2.24) is 9.80 Å². The Hall–Kier alpha value is -1.90. The van der Waals surface area contributed by atoms with Crippen LogP contribution in [0.4, 0.5) is 4.39 Å². The molecule has 0 aromatic heterocycles. The largest absolute Gasteiger partial charge is 0.484 e. The lowest BCUT2D eigenvalue weighted by atomic mass is 10.1. The van der Waals surface area contributed by atoms with E-state index >= 15 is 0 Å². The van der Waals surface area contributed by atoms with E-state index in [4.69, 9.17) is 15.2 Å². The number of hydrogen-bond acceptors (Lipinski definition) is 5. The van der Waals surface area contributed by atoms with Crippen LogP contribution in [0, 0.1) is 5.82 Å². The van der Waals surface area contributed by atoms with Crippen LogP contribution < -0.4 is 10.5 Å². The maximum atomic E-state index is 12.9. The molecule has 7 nitrogen and oxygen atoms in total. The van der Waals surface area contributed by atoms with Crippen molar-refractivity contribution in [3.05, 3.63) is 30.1 Å². The number of nitrogens with two attached hydrogens (primary N) is 1. The summed E-state index contributed by atoms with van der Waals surface area (Å²) in [4.78, 5) is 28.1. The molecule has 150 valence electrons. The summed E-state index contributed by atoms with van der Waals surface area (Å²) in [5, 5.41) is 0. The second-order valence-electron chi connectivity index (χ2n) is 6.51. The summed E-state index contributed by atoms with van der Waals surface area (Å²) < 4.78 is 23.9. The minimum absolute atomic E-state index is 0. The Morgan fingerprint density at radius 2 is 1.74 bits per heavy atom. The lowest BCUT2D eigenvalue weighted by molar-refractivity contribution is -0.147. The molecule has 2 aliphatic rings. The Labute approximate surface area is 164 Å². The number of carbonyl (C=O) groups excluding carboxylic acids is 2. The van der Waals surface area contributed by atoms with Crippen LogP contribution in [0.3, 0.4) is 0 Å². The number of ether oxygens (including phenoxy) is 2. The molecule has 2 fully saturated rings. The van der Waals surface area contributed by atoms with Crippen molar-refractivity contribution in [1.29, 1.82) is 0 Å². The summed E-state index contributed by atoms with van der Waals surface area (Å²) in [6.45, 7) is 2.21. The Balaban J connectivity index is 0.00000261. The maximum Gasteiger partial charge on any atom is 0.260 e. The Bertz CT molecular complexity index is 638. The van der Waals surface area contributed by atoms with E-state index in [0.29, 0.717) is 44.9 Å². The first-order valence-corrected chi connectivity index (χ1v) is 8.87. The van der Waals surface area contributed by atoms with Crippen LogP contribution >= 0.6 is 12.4 Å². The molecule has 2 amide bonds. The molecule has 1 aromatic rings. The SMILES string of the molecule is Cl.NC[C@H]1CC[C@@H](C(=O)N2CCN(C(=O)COc3ccc(F)cc3)CC2)O1. The number of halogens is 2. The van der Waals surface area contributed by atoms with Crippen LogP contribution in [-0.2, 0) is 14.3 Å². The van der Waals surface area contributed by atoms with Gasteiger partial charge in [-0.1, -0.05) is 0 Å². The lowest BCUT2D eigenvalue weighted by Crippen LogP contribution is -2.53. The third-order valence-electron chi connectivity index (χ3n) is 4.77. The van der Waals surface area contributed by atoms with Crippen LogP contribution in [0.1, 0.15) is 12.8 Å². The van der Waals surface area contributed by atoms with E-state index in [9.17, 15) is 14.0 Å². The fourth-order valence-corrected chi connectivity index (χ4v) is 3.21. The van der Waals surface area contributed by atoms with Crippen LogP contribution in [0.25, 0.3) is 0 Å². The Morgan fingerprint density at radius 3 is 2.33 bits per heavy atom. The van der Waals surface area contributed by atoms with Crippen LogP contribution in [0.2, 0.25) is 0 Å². The smallest absolute Gasteiger partial charge is 0.260 e. The van der Waals surface area contributed by atoms with E-state index in [1.54, 1.807) is 9.80 Å². The molecular weight excluding hydrogens is 377 g/mol. The summed E-state index contributed by atoms with van der Waals surface area (Å²) in [6, 6.07) is 5.53. The van der Waals surface area contributed by atoms with E-state index in [2.05, 4.69) is 0 Å². The highest BCUT2D eigenvalue weighted by atomic mass is 35.5. The first kappa shape index (κ1) is 21.4. The number of rotatable bonds is 5. The molecular formula is C18H25ClFN3O4. The van der Waals surface area contributed by atoms with Gasteiger partial charge in [0.25, 0.3) is 11.8 Å². The topological polar surface area (TPSA) is 85.1 Å². The molecule has 0 aliphatic carbocycles. The molecule has 0 radical (unpaired) electrons. The second kappa shape index (κ2) is 9.87. The Morgan fingerprint density at radius 1 is 1.11 bits per heavy atom. The van der Waals surface area contributed by atoms with Crippen LogP contribution in [-0.4, -0.2) is 73.2 Å². The third kappa shape index (κ3) is 5.54. The first-order chi connectivity index (χ1) is 12.6. The maximum absolute atomic E-state index is 12.9. The van der Waals surface area contributed by atoms with Gasteiger partial charge >= 0.3 is 0 Å². The first-order valence-electron chi connectivity index (χ1n) is 8.87. The highest BCUT2D eigenvalue weighted by molar-refractivity contribution is 5.85. The van der Waals surface area contributed by atoms with Gasteiger partial charge in [0.15, 0.2) is 6.61 Å². The minimum Gasteiger partial charge on any atom is -0.484 e. The van der Waals surface area contributed by atoms with E-state index in [0.717, 1.165) is 6.42 Å². The van der Waals surface area contributed by atoms with Gasteiger partial charge in [-0.15, -0.1) is 12.4 Å². The lowest BCUT2D eigenvalue weighted by Gasteiger charge is -2.35. The zero-order valence-electron chi connectivity index (χ0n) is 15.0. The number of carbonyl (C=O) groups is 2. The molecule has 1 aromatic carbocycles. The molecule has 9 heteroatoms. The summed E-state index contributed by atoms with van der Waals surface area (Å²) in [7, 11) is 0. The predicted octanol–water partition coefficient (Wildman–Crippen LogP) is 0.803. The van der Waals surface area contributed by atoms with Crippen molar-refractivity contribution < 1.29 is 23.5 Å². The van der Waals surface area contributed by atoms with Gasteiger partial charge in [0, 0.05) is 32.7 Å². The zero-order chi connectivity index (χ0) is 18.5. The average molecular weight is 402 g/mol. The third-order valence-corrected chi connectivity index (χ3v) is 4.77. The molecule has 0 bridgehead atoms. The van der Waals surface area contributed by atoms with Crippen molar-refractivity contribution in [2.75, 3.05) is 39.3 Å². The standard InChI is InChI=1S/C18H24FN3O4.ClH/c19-13-1-3-14(4-2-13)25-12-17(23)21-7-9-22(10-8-21)18(24)16-6-5-15(11-20)26-16;/h1-4,15-16H,5-12,20H2;1H/t15-,16+;/m1./s1. The van der Waals surface area contributed by atoms with E-state index in [1.807, 2.05) is 0 Å². The fourth-order valence-electron chi connectivity index (χ4n) is 3.21. The quantitative estimate of drug-likeness (QED) is 0.789. The monoisotopic (exact) mass is 401 g/mol. The molecule has 0 unspecified atom stereocenters. The van der Waals surface area contributed by atoms with Crippen molar-refractivity contribution in [2.45, 2.75) is 25.0 Å². The average Bonchev–Trinajstić information content (AvgIpc) is 3.16. The Kier molecular flexibility index (Phi) is 7.82. The molecule has 3 rings (SSSR count). The second-order valence-corrected chi connectivity index (χ2v) is 6.51. The normalized spacial score (nSPS) is 22.3. The molecule has 2 N–H and O–H groups in total. The van der Waals surface area contributed by atoms with Crippen LogP contribution in [0.5, 0.6) is 5.75 Å². The van der Waals surface area contributed by atoms with Gasteiger partial charge in [-0.2, -0.15) is 0 Å². The molecule has 0 spiro atoms. The van der Waals surface area contributed by atoms with Crippen LogP contribution in [0.15, 0.2) is 24.3 Å². The van der Waals surface area contributed by atoms with Crippen molar-refractivity contribution in [3.63, 3.8) is 0 Å².